The van der Waals surface area contributed by atoms with Crippen molar-refractivity contribution < 1.29 is 4.74 Å². The van der Waals surface area contributed by atoms with Crippen LogP contribution in [0.2, 0.25) is 0 Å². The molecule has 1 saturated heterocycles. The van der Waals surface area contributed by atoms with E-state index >= 15 is 0 Å². The quantitative estimate of drug-likeness (QED) is 0.385. The van der Waals surface area contributed by atoms with Crippen molar-refractivity contribution in [2.75, 3.05) is 20.1 Å². The largest absolute Gasteiger partial charge is 0.486 e. The minimum Gasteiger partial charge on any atom is -0.486 e. The molecule has 1 aliphatic heterocycles. The van der Waals surface area contributed by atoms with Crippen LogP contribution in [0.4, 0.5) is 0 Å². The van der Waals surface area contributed by atoms with Gasteiger partial charge in [0.1, 0.15) is 18.1 Å². The van der Waals surface area contributed by atoms with E-state index in [1.807, 2.05) is 42.1 Å². The zero-order valence-electron chi connectivity index (χ0n) is 20.6. The molecule has 0 unspecified atom stereocenters. The van der Waals surface area contributed by atoms with Crippen LogP contribution < -0.4 is 4.74 Å². The Morgan fingerprint density at radius 3 is 2.66 bits per heavy atom. The van der Waals surface area contributed by atoms with Gasteiger partial charge < -0.3 is 14.2 Å². The van der Waals surface area contributed by atoms with Gasteiger partial charge in [0.2, 0.25) is 0 Å². The number of aryl methyl sites for hydroxylation is 1. The maximum absolute atomic E-state index is 5.98. The van der Waals surface area contributed by atoms with E-state index in [1.165, 1.54) is 5.56 Å². The van der Waals surface area contributed by atoms with Gasteiger partial charge in [-0.2, -0.15) is 0 Å². The molecule has 0 N–H and O–H groups in total. The van der Waals surface area contributed by atoms with Gasteiger partial charge in [0.25, 0.3) is 0 Å². The molecule has 0 amide bonds. The fourth-order valence-electron chi connectivity index (χ4n) is 4.49. The van der Waals surface area contributed by atoms with Crippen LogP contribution >= 0.6 is 0 Å². The van der Waals surface area contributed by atoms with Gasteiger partial charge in [0.05, 0.1) is 23.8 Å². The first kappa shape index (κ1) is 23.2. The van der Waals surface area contributed by atoms with Crippen LogP contribution in [0.5, 0.6) is 5.75 Å². The molecule has 9 heteroatoms. The summed E-state index contributed by atoms with van der Waals surface area (Å²) in [6, 6.07) is 12.1. The van der Waals surface area contributed by atoms with Gasteiger partial charge in [-0.15, -0.1) is 15.3 Å². The summed E-state index contributed by atoms with van der Waals surface area (Å²) in [5.41, 5.74) is 3.95. The molecule has 0 saturated carbocycles. The average Bonchev–Trinajstić information content (AvgIpc) is 3.51. The highest BCUT2D eigenvalue weighted by molar-refractivity contribution is 5.51. The molecule has 0 aliphatic carbocycles. The molecule has 1 aromatic carbocycles. The SMILES string of the molecule is CCCc1cccc(OCc2nnc(-c3ccc(-n4cc(C5CCN(C)CC5)nn4)cn3)n2C)c1. The van der Waals surface area contributed by atoms with Crippen LogP contribution in [-0.4, -0.2) is 59.8 Å². The topological polar surface area (TPSA) is 86.8 Å². The van der Waals surface area contributed by atoms with Gasteiger partial charge in [-0.1, -0.05) is 30.7 Å². The summed E-state index contributed by atoms with van der Waals surface area (Å²) in [6.45, 7) is 4.72. The third kappa shape index (κ3) is 5.24. The van der Waals surface area contributed by atoms with E-state index in [9.17, 15) is 0 Å². The summed E-state index contributed by atoms with van der Waals surface area (Å²) >= 11 is 0. The summed E-state index contributed by atoms with van der Waals surface area (Å²) in [4.78, 5) is 6.98. The van der Waals surface area contributed by atoms with Crippen LogP contribution in [0.1, 0.15) is 49.2 Å². The number of rotatable bonds is 8. The molecule has 0 spiro atoms. The Morgan fingerprint density at radius 1 is 1.03 bits per heavy atom. The molecule has 1 aliphatic rings. The molecule has 0 radical (unpaired) electrons. The van der Waals surface area contributed by atoms with E-state index in [0.717, 1.165) is 67.4 Å². The fraction of sp³-hybridized carbons (Fsp3) is 0.423. The van der Waals surface area contributed by atoms with Crippen molar-refractivity contribution in [1.82, 2.24) is 39.6 Å². The summed E-state index contributed by atoms with van der Waals surface area (Å²) in [7, 11) is 4.10. The number of piperidine rings is 1. The van der Waals surface area contributed by atoms with Gasteiger partial charge in [-0.25, -0.2) is 4.68 Å². The van der Waals surface area contributed by atoms with Crippen LogP contribution in [0.25, 0.3) is 17.2 Å². The average molecular weight is 473 g/mol. The van der Waals surface area contributed by atoms with Crippen LogP contribution in [0.15, 0.2) is 48.8 Å². The zero-order chi connectivity index (χ0) is 24.2. The number of hydrogen-bond acceptors (Lipinski definition) is 7. The second-order valence-corrected chi connectivity index (χ2v) is 9.25. The second-order valence-electron chi connectivity index (χ2n) is 9.25. The van der Waals surface area contributed by atoms with E-state index in [4.69, 9.17) is 4.74 Å². The summed E-state index contributed by atoms with van der Waals surface area (Å²) in [5, 5.41) is 17.4. The fourth-order valence-corrected chi connectivity index (χ4v) is 4.49. The van der Waals surface area contributed by atoms with Gasteiger partial charge >= 0.3 is 0 Å². The van der Waals surface area contributed by atoms with Gasteiger partial charge in [0, 0.05) is 13.0 Å². The highest BCUT2D eigenvalue weighted by atomic mass is 16.5. The molecular formula is C26H32N8O. The Balaban J connectivity index is 1.25. The number of hydrogen-bond donors (Lipinski definition) is 0. The van der Waals surface area contributed by atoms with Crippen LogP contribution in [0, 0.1) is 0 Å². The Bertz CT molecular complexity index is 1250. The van der Waals surface area contributed by atoms with Crippen molar-refractivity contribution in [2.24, 2.45) is 7.05 Å². The number of likely N-dealkylation sites (tertiary alicyclic amines) is 1. The Hall–Kier alpha value is -3.59. The van der Waals surface area contributed by atoms with E-state index in [2.05, 4.69) is 56.5 Å². The lowest BCUT2D eigenvalue weighted by atomic mass is 9.94. The highest BCUT2D eigenvalue weighted by Gasteiger charge is 2.21. The third-order valence-corrected chi connectivity index (χ3v) is 6.66. The first-order valence-corrected chi connectivity index (χ1v) is 12.3. The Kier molecular flexibility index (Phi) is 6.85. The van der Waals surface area contributed by atoms with Crippen molar-refractivity contribution in [3.63, 3.8) is 0 Å². The summed E-state index contributed by atoms with van der Waals surface area (Å²) in [6.07, 6.45) is 8.22. The van der Waals surface area contributed by atoms with Crippen molar-refractivity contribution in [2.45, 2.75) is 45.1 Å². The van der Waals surface area contributed by atoms with Crippen molar-refractivity contribution in [3.8, 4) is 23.0 Å². The number of pyridine rings is 1. The van der Waals surface area contributed by atoms with Crippen LogP contribution in [-0.2, 0) is 20.1 Å². The number of aromatic nitrogens is 7. The Labute approximate surface area is 205 Å². The summed E-state index contributed by atoms with van der Waals surface area (Å²) in [5.74, 6) is 2.75. The molecule has 9 nitrogen and oxygen atoms in total. The van der Waals surface area contributed by atoms with Gasteiger partial charge in [-0.05, 0) is 69.2 Å². The van der Waals surface area contributed by atoms with Gasteiger partial charge in [-0.3, -0.25) is 4.98 Å². The molecule has 0 atom stereocenters. The lowest BCUT2D eigenvalue weighted by molar-refractivity contribution is 0.253. The minimum atomic E-state index is 0.343. The molecule has 5 rings (SSSR count). The molecule has 3 aromatic heterocycles. The second kappa shape index (κ2) is 10.4. The first-order valence-electron chi connectivity index (χ1n) is 12.3. The molecule has 182 valence electrons. The molecule has 35 heavy (non-hydrogen) atoms. The molecule has 4 aromatic rings. The molecule has 4 heterocycles. The maximum Gasteiger partial charge on any atom is 0.182 e. The van der Waals surface area contributed by atoms with E-state index in [0.29, 0.717) is 18.3 Å². The third-order valence-electron chi connectivity index (χ3n) is 6.66. The monoisotopic (exact) mass is 472 g/mol. The standard InChI is InChI=1S/C26H32N8O/c1-4-6-19-7-5-8-22(15-19)35-18-25-29-30-26(33(25)3)23-10-9-21(16-27-23)34-17-24(28-31-34)20-11-13-32(2)14-12-20/h5,7-10,15-17,20H,4,6,11-14,18H2,1-3H3. The lowest BCUT2D eigenvalue weighted by Crippen LogP contribution is -2.29. The molecular weight excluding hydrogens is 440 g/mol. The van der Waals surface area contributed by atoms with Gasteiger partial charge in [0.15, 0.2) is 11.6 Å². The van der Waals surface area contributed by atoms with Crippen molar-refractivity contribution >= 4 is 0 Å². The van der Waals surface area contributed by atoms with E-state index in [1.54, 1.807) is 10.9 Å². The predicted octanol–water partition coefficient (Wildman–Crippen LogP) is 3.80. The molecule has 0 bridgehead atoms. The maximum atomic E-state index is 5.98. The van der Waals surface area contributed by atoms with Crippen molar-refractivity contribution in [3.05, 3.63) is 65.9 Å². The molecule has 1 fully saturated rings. The van der Waals surface area contributed by atoms with E-state index < -0.39 is 0 Å². The lowest BCUT2D eigenvalue weighted by Gasteiger charge is -2.27. The number of benzene rings is 1. The number of ether oxygens (including phenoxy) is 1. The Morgan fingerprint density at radius 2 is 1.89 bits per heavy atom. The van der Waals surface area contributed by atoms with Crippen molar-refractivity contribution in [1.29, 1.82) is 0 Å². The first-order chi connectivity index (χ1) is 17.1. The predicted molar refractivity (Wildman–Crippen MR) is 133 cm³/mol. The smallest absolute Gasteiger partial charge is 0.182 e. The minimum absolute atomic E-state index is 0.343. The highest BCUT2D eigenvalue weighted by Crippen LogP contribution is 2.26. The zero-order valence-corrected chi connectivity index (χ0v) is 20.6. The summed E-state index contributed by atoms with van der Waals surface area (Å²) < 4.78 is 9.70. The normalized spacial score (nSPS) is 14.9. The van der Waals surface area contributed by atoms with Crippen LogP contribution in [0.3, 0.4) is 0 Å². The van der Waals surface area contributed by atoms with E-state index in [-0.39, 0.29) is 0 Å². The number of nitrogens with zero attached hydrogens (tertiary/aromatic N) is 8.